The second-order valence-corrected chi connectivity index (χ2v) is 6.77. The van der Waals surface area contributed by atoms with Gasteiger partial charge in [-0.15, -0.1) is 24.0 Å². The van der Waals surface area contributed by atoms with Gasteiger partial charge in [0.05, 0.1) is 12.6 Å². The standard InChI is InChI=1S/C20H35N5O2.HI/c1-6-27-18(16(2)3)10-13-23-20(21-4)24-15-19(26)25(5)14-11-17-9-7-8-12-22-17;/h7-9,12,16,18H,6,10-11,13-15H2,1-5H3,(H2,21,23,24);1H. The van der Waals surface area contributed by atoms with E-state index in [2.05, 4.69) is 34.5 Å². The topological polar surface area (TPSA) is 78.8 Å². The smallest absolute Gasteiger partial charge is 0.241 e. The van der Waals surface area contributed by atoms with Gasteiger partial charge in [-0.2, -0.15) is 0 Å². The van der Waals surface area contributed by atoms with Crippen molar-refractivity contribution >= 4 is 35.8 Å². The highest BCUT2D eigenvalue weighted by atomic mass is 127. The van der Waals surface area contributed by atoms with Crippen LogP contribution in [0, 0.1) is 5.92 Å². The minimum Gasteiger partial charge on any atom is -0.378 e. The van der Waals surface area contributed by atoms with Gasteiger partial charge in [0.2, 0.25) is 5.91 Å². The Morgan fingerprint density at radius 3 is 2.64 bits per heavy atom. The van der Waals surface area contributed by atoms with Crippen molar-refractivity contribution in [1.29, 1.82) is 0 Å². The van der Waals surface area contributed by atoms with Gasteiger partial charge in [0.1, 0.15) is 0 Å². The van der Waals surface area contributed by atoms with Crippen LogP contribution in [0.5, 0.6) is 0 Å². The highest BCUT2D eigenvalue weighted by Crippen LogP contribution is 2.09. The first-order chi connectivity index (χ1) is 13.0. The van der Waals surface area contributed by atoms with Gasteiger partial charge in [-0.1, -0.05) is 19.9 Å². The van der Waals surface area contributed by atoms with E-state index in [0.29, 0.717) is 18.4 Å². The maximum Gasteiger partial charge on any atom is 0.241 e. The number of rotatable bonds is 11. The molecule has 1 atom stereocenters. The average Bonchev–Trinajstić information content (AvgIpc) is 2.68. The Labute approximate surface area is 186 Å². The largest absolute Gasteiger partial charge is 0.378 e. The number of halogens is 1. The van der Waals surface area contributed by atoms with E-state index < -0.39 is 0 Å². The van der Waals surface area contributed by atoms with Crippen LogP contribution in [-0.2, 0) is 16.0 Å². The van der Waals surface area contributed by atoms with Gasteiger partial charge in [0, 0.05) is 52.1 Å². The predicted molar refractivity (Wildman–Crippen MR) is 125 cm³/mol. The summed E-state index contributed by atoms with van der Waals surface area (Å²) >= 11 is 0. The number of nitrogens with zero attached hydrogens (tertiary/aromatic N) is 3. The first kappa shape index (κ1) is 26.6. The van der Waals surface area contributed by atoms with Crippen LogP contribution in [0.1, 0.15) is 32.9 Å². The minimum absolute atomic E-state index is 0. The molecule has 0 bridgehead atoms. The van der Waals surface area contributed by atoms with Crippen LogP contribution < -0.4 is 10.6 Å². The highest BCUT2D eigenvalue weighted by molar-refractivity contribution is 14.0. The van der Waals surface area contributed by atoms with Crippen molar-refractivity contribution in [1.82, 2.24) is 20.5 Å². The van der Waals surface area contributed by atoms with Gasteiger partial charge in [0.25, 0.3) is 0 Å². The Morgan fingerprint density at radius 2 is 2.07 bits per heavy atom. The number of amides is 1. The summed E-state index contributed by atoms with van der Waals surface area (Å²) in [6, 6.07) is 5.81. The van der Waals surface area contributed by atoms with Crippen LogP contribution in [0.2, 0.25) is 0 Å². The fourth-order valence-corrected chi connectivity index (χ4v) is 2.62. The van der Waals surface area contributed by atoms with E-state index in [-0.39, 0.29) is 42.5 Å². The molecule has 1 aromatic rings. The predicted octanol–water partition coefficient (Wildman–Crippen LogP) is 2.32. The van der Waals surface area contributed by atoms with Crippen molar-refractivity contribution in [3.05, 3.63) is 30.1 Å². The van der Waals surface area contributed by atoms with Crippen molar-refractivity contribution in [2.24, 2.45) is 10.9 Å². The van der Waals surface area contributed by atoms with E-state index in [1.165, 1.54) is 0 Å². The van der Waals surface area contributed by atoms with Crippen molar-refractivity contribution in [3.63, 3.8) is 0 Å². The lowest BCUT2D eigenvalue weighted by atomic mass is 10.0. The van der Waals surface area contributed by atoms with Crippen LogP contribution in [-0.4, -0.2) is 68.2 Å². The van der Waals surface area contributed by atoms with Gasteiger partial charge in [0.15, 0.2) is 5.96 Å². The molecular formula is C20H36IN5O2. The summed E-state index contributed by atoms with van der Waals surface area (Å²) in [5.41, 5.74) is 0.983. The Morgan fingerprint density at radius 1 is 1.32 bits per heavy atom. The second-order valence-electron chi connectivity index (χ2n) is 6.77. The zero-order valence-corrected chi connectivity index (χ0v) is 20.1. The number of ether oxygens (including phenoxy) is 1. The molecule has 0 aliphatic rings. The lowest BCUT2D eigenvalue weighted by molar-refractivity contribution is -0.128. The van der Waals surface area contributed by atoms with E-state index in [9.17, 15) is 4.79 Å². The van der Waals surface area contributed by atoms with Crippen LogP contribution >= 0.6 is 24.0 Å². The van der Waals surface area contributed by atoms with Crippen molar-refractivity contribution in [3.8, 4) is 0 Å². The Bertz CT molecular complexity index is 569. The number of likely N-dealkylation sites (N-methyl/N-ethyl adjacent to an activating group) is 1. The molecular weight excluding hydrogens is 469 g/mol. The molecule has 2 N–H and O–H groups in total. The maximum absolute atomic E-state index is 12.3. The second kappa shape index (κ2) is 15.5. The highest BCUT2D eigenvalue weighted by Gasteiger charge is 2.14. The third kappa shape index (κ3) is 10.8. The summed E-state index contributed by atoms with van der Waals surface area (Å²) < 4.78 is 5.75. The van der Waals surface area contributed by atoms with E-state index in [0.717, 1.165) is 31.7 Å². The zero-order valence-electron chi connectivity index (χ0n) is 17.8. The van der Waals surface area contributed by atoms with Crippen LogP contribution in [0.3, 0.4) is 0 Å². The molecule has 0 fully saturated rings. The van der Waals surface area contributed by atoms with Gasteiger partial charge >= 0.3 is 0 Å². The molecule has 1 rings (SSSR count). The number of pyridine rings is 1. The van der Waals surface area contributed by atoms with E-state index in [1.807, 2.05) is 25.1 Å². The normalized spacial score (nSPS) is 12.3. The molecule has 0 radical (unpaired) electrons. The van der Waals surface area contributed by atoms with Crippen LogP contribution in [0.15, 0.2) is 29.4 Å². The average molecular weight is 505 g/mol. The molecule has 7 nitrogen and oxygen atoms in total. The first-order valence-corrected chi connectivity index (χ1v) is 9.67. The SMILES string of the molecule is CCOC(CCNC(=NC)NCC(=O)N(C)CCc1ccccn1)C(C)C.I. The molecule has 0 aliphatic heterocycles. The Hall–Kier alpha value is -1.42. The molecule has 160 valence electrons. The Balaban J connectivity index is 0.00000729. The number of hydrogen-bond acceptors (Lipinski definition) is 4. The van der Waals surface area contributed by atoms with Crippen LogP contribution in [0.4, 0.5) is 0 Å². The van der Waals surface area contributed by atoms with Gasteiger partial charge in [-0.25, -0.2) is 0 Å². The van der Waals surface area contributed by atoms with Crippen LogP contribution in [0.25, 0.3) is 0 Å². The number of carbonyl (C=O) groups excluding carboxylic acids is 1. The molecule has 1 amide bonds. The number of aromatic nitrogens is 1. The van der Waals surface area contributed by atoms with Gasteiger partial charge in [-0.05, 0) is 31.4 Å². The third-order valence-electron chi connectivity index (χ3n) is 4.33. The molecule has 28 heavy (non-hydrogen) atoms. The summed E-state index contributed by atoms with van der Waals surface area (Å²) in [7, 11) is 3.51. The lowest BCUT2D eigenvalue weighted by Gasteiger charge is -2.22. The van der Waals surface area contributed by atoms with Crippen molar-refractivity contribution in [2.45, 2.75) is 39.7 Å². The van der Waals surface area contributed by atoms with E-state index in [1.54, 1.807) is 25.2 Å². The van der Waals surface area contributed by atoms with Crippen molar-refractivity contribution in [2.75, 3.05) is 40.3 Å². The minimum atomic E-state index is 0. The summed E-state index contributed by atoms with van der Waals surface area (Å²) in [5.74, 6) is 1.11. The van der Waals surface area contributed by atoms with Gasteiger partial charge < -0.3 is 20.3 Å². The zero-order chi connectivity index (χ0) is 20.1. The molecule has 8 heteroatoms. The molecule has 0 spiro atoms. The number of nitrogens with one attached hydrogen (secondary N) is 2. The fraction of sp³-hybridized carbons (Fsp3) is 0.650. The summed E-state index contributed by atoms with van der Waals surface area (Å²) in [4.78, 5) is 22.4. The summed E-state index contributed by atoms with van der Waals surface area (Å²) in [5, 5.41) is 6.32. The molecule has 1 unspecified atom stereocenters. The lowest BCUT2D eigenvalue weighted by Crippen LogP contribution is -2.44. The van der Waals surface area contributed by atoms with E-state index >= 15 is 0 Å². The Kier molecular flexibility index (Phi) is 14.7. The first-order valence-electron chi connectivity index (χ1n) is 9.67. The molecule has 0 aliphatic carbocycles. The monoisotopic (exact) mass is 505 g/mol. The third-order valence-corrected chi connectivity index (χ3v) is 4.33. The van der Waals surface area contributed by atoms with Crippen molar-refractivity contribution < 1.29 is 9.53 Å². The number of guanidine groups is 1. The molecule has 0 saturated heterocycles. The molecule has 0 saturated carbocycles. The number of aliphatic imine (C=N–C) groups is 1. The maximum atomic E-state index is 12.3. The molecule has 0 aromatic carbocycles. The molecule has 1 aromatic heterocycles. The number of carbonyl (C=O) groups is 1. The quantitative estimate of drug-likeness (QED) is 0.274. The summed E-state index contributed by atoms with van der Waals surface area (Å²) in [6.07, 6.45) is 3.62. The molecule has 1 heterocycles. The van der Waals surface area contributed by atoms with Gasteiger partial charge in [-0.3, -0.25) is 14.8 Å². The number of hydrogen-bond donors (Lipinski definition) is 2. The van der Waals surface area contributed by atoms with E-state index in [4.69, 9.17) is 4.74 Å². The fourth-order valence-electron chi connectivity index (χ4n) is 2.62. The summed E-state index contributed by atoms with van der Waals surface area (Å²) in [6.45, 7) is 8.63.